The van der Waals surface area contributed by atoms with Gasteiger partial charge in [-0.1, -0.05) is 12.8 Å². The van der Waals surface area contributed by atoms with Crippen molar-refractivity contribution in [3.63, 3.8) is 0 Å². The Kier molecular flexibility index (Phi) is 5.46. The molecule has 16 heavy (non-hydrogen) atoms. The summed E-state index contributed by atoms with van der Waals surface area (Å²) in [5.41, 5.74) is 5.26. The molecule has 3 atom stereocenters. The highest BCUT2D eigenvalue weighted by molar-refractivity contribution is 5.76. The summed E-state index contributed by atoms with van der Waals surface area (Å²) in [6.45, 7) is 0. The Bertz CT molecular complexity index is 243. The number of aliphatic hydroxyl groups is 1. The zero-order valence-electron chi connectivity index (χ0n) is 9.69. The van der Waals surface area contributed by atoms with E-state index in [2.05, 4.69) is 0 Å². The molecule has 1 fully saturated rings. The van der Waals surface area contributed by atoms with Crippen LogP contribution in [0.3, 0.4) is 0 Å². The van der Waals surface area contributed by atoms with Gasteiger partial charge in [-0.2, -0.15) is 0 Å². The summed E-state index contributed by atoms with van der Waals surface area (Å²) in [7, 11) is 0. The van der Waals surface area contributed by atoms with Crippen molar-refractivity contribution in [2.24, 2.45) is 17.6 Å². The molecule has 0 heterocycles. The number of aliphatic hydroxyl groups excluding tert-OH is 1. The van der Waals surface area contributed by atoms with Crippen molar-refractivity contribution in [2.45, 2.75) is 51.0 Å². The minimum Gasteiger partial charge on any atom is -0.393 e. The molecule has 4 nitrogen and oxygen atoms in total. The molecule has 92 valence electrons. The number of amidine groups is 1. The van der Waals surface area contributed by atoms with Gasteiger partial charge in [-0.3, -0.25) is 5.41 Å². The van der Waals surface area contributed by atoms with Crippen LogP contribution in [0.25, 0.3) is 0 Å². The summed E-state index contributed by atoms with van der Waals surface area (Å²) in [5, 5.41) is 16.8. The van der Waals surface area contributed by atoms with Gasteiger partial charge >= 0.3 is 0 Å². The first-order valence-corrected chi connectivity index (χ1v) is 6.11. The quantitative estimate of drug-likeness (QED) is 0.266. The third-order valence-electron chi connectivity index (χ3n) is 3.49. The molecule has 0 aliphatic heterocycles. The Hall–Kier alpha value is -0.900. The minimum absolute atomic E-state index is 0.00976. The van der Waals surface area contributed by atoms with E-state index in [0.717, 1.165) is 44.8 Å². The van der Waals surface area contributed by atoms with Crippen LogP contribution in [0.1, 0.15) is 44.9 Å². The lowest BCUT2D eigenvalue weighted by Crippen LogP contribution is -2.24. The van der Waals surface area contributed by atoms with E-state index in [9.17, 15) is 9.90 Å². The predicted molar refractivity (Wildman–Crippen MR) is 63.3 cm³/mol. The summed E-state index contributed by atoms with van der Waals surface area (Å²) in [4.78, 5) is 11.0. The normalized spacial score (nSPS) is 26.6. The van der Waals surface area contributed by atoms with Crippen molar-refractivity contribution in [3.8, 4) is 0 Å². The van der Waals surface area contributed by atoms with Crippen LogP contribution >= 0.6 is 0 Å². The molecular weight excluding hydrogens is 204 g/mol. The number of hydrogen-bond acceptors (Lipinski definition) is 3. The van der Waals surface area contributed by atoms with Gasteiger partial charge in [0.05, 0.1) is 11.9 Å². The maximum Gasteiger partial charge on any atom is 0.123 e. The molecule has 1 aliphatic rings. The molecule has 0 aromatic heterocycles. The number of unbranched alkanes of at least 4 members (excludes halogenated alkanes) is 1. The second kappa shape index (κ2) is 6.63. The molecular formula is C12H22N2O2. The molecule has 0 aromatic rings. The van der Waals surface area contributed by atoms with E-state index >= 15 is 0 Å². The van der Waals surface area contributed by atoms with Crippen LogP contribution in [0.4, 0.5) is 0 Å². The van der Waals surface area contributed by atoms with Crippen LogP contribution in [0.2, 0.25) is 0 Å². The van der Waals surface area contributed by atoms with Crippen LogP contribution in [0, 0.1) is 17.2 Å². The lowest BCUT2D eigenvalue weighted by Gasteiger charge is -2.21. The molecule has 0 spiro atoms. The SMILES string of the molecule is N=C(N)CCCCC(C=O)C1CCCC1O. The van der Waals surface area contributed by atoms with Crippen LogP contribution in [-0.4, -0.2) is 23.3 Å². The number of nitrogens with two attached hydrogens (primary N) is 1. The Labute approximate surface area is 96.7 Å². The Morgan fingerprint density at radius 1 is 1.50 bits per heavy atom. The molecule has 0 saturated heterocycles. The molecule has 4 heteroatoms. The molecule has 0 aromatic carbocycles. The summed E-state index contributed by atoms with van der Waals surface area (Å²) in [6, 6.07) is 0. The maximum atomic E-state index is 11.0. The van der Waals surface area contributed by atoms with Gasteiger partial charge in [0.15, 0.2) is 0 Å². The van der Waals surface area contributed by atoms with Gasteiger partial charge < -0.3 is 15.6 Å². The second-order valence-electron chi connectivity index (χ2n) is 4.73. The van der Waals surface area contributed by atoms with Crippen molar-refractivity contribution >= 4 is 12.1 Å². The first kappa shape index (κ1) is 13.2. The highest BCUT2D eigenvalue weighted by atomic mass is 16.3. The topological polar surface area (TPSA) is 87.2 Å². The number of carbonyl (C=O) groups is 1. The van der Waals surface area contributed by atoms with Gasteiger partial charge in [0, 0.05) is 12.3 Å². The highest BCUT2D eigenvalue weighted by Crippen LogP contribution is 2.33. The Morgan fingerprint density at radius 2 is 2.25 bits per heavy atom. The minimum atomic E-state index is -0.289. The summed E-state index contributed by atoms with van der Waals surface area (Å²) in [5.74, 6) is 0.364. The summed E-state index contributed by atoms with van der Waals surface area (Å²) in [6.07, 6.45) is 6.74. The Balaban J connectivity index is 2.26. The average molecular weight is 226 g/mol. The molecule has 4 N–H and O–H groups in total. The van der Waals surface area contributed by atoms with Crippen molar-refractivity contribution in [1.29, 1.82) is 5.41 Å². The summed E-state index contributed by atoms with van der Waals surface area (Å²) >= 11 is 0. The molecule has 1 aliphatic carbocycles. The van der Waals surface area contributed by atoms with Crippen molar-refractivity contribution in [3.05, 3.63) is 0 Å². The zero-order chi connectivity index (χ0) is 12.0. The van der Waals surface area contributed by atoms with Crippen molar-refractivity contribution in [1.82, 2.24) is 0 Å². The number of hydrogen-bond donors (Lipinski definition) is 3. The Morgan fingerprint density at radius 3 is 2.75 bits per heavy atom. The number of nitrogens with one attached hydrogen (secondary N) is 1. The van der Waals surface area contributed by atoms with Crippen molar-refractivity contribution in [2.75, 3.05) is 0 Å². The lowest BCUT2D eigenvalue weighted by atomic mass is 9.86. The van der Waals surface area contributed by atoms with Gasteiger partial charge in [-0.15, -0.1) is 0 Å². The largest absolute Gasteiger partial charge is 0.393 e. The zero-order valence-corrected chi connectivity index (χ0v) is 9.69. The summed E-state index contributed by atoms with van der Waals surface area (Å²) < 4.78 is 0. The number of aldehydes is 1. The highest BCUT2D eigenvalue weighted by Gasteiger charge is 2.31. The first-order chi connectivity index (χ1) is 7.65. The molecule has 1 rings (SSSR count). The predicted octanol–water partition coefficient (Wildman–Crippen LogP) is 1.46. The van der Waals surface area contributed by atoms with E-state index in [1.54, 1.807) is 0 Å². The first-order valence-electron chi connectivity index (χ1n) is 6.11. The van der Waals surface area contributed by atoms with Gasteiger partial charge in [0.2, 0.25) is 0 Å². The smallest absolute Gasteiger partial charge is 0.123 e. The van der Waals surface area contributed by atoms with Gasteiger partial charge in [-0.25, -0.2) is 0 Å². The van der Waals surface area contributed by atoms with E-state index in [1.165, 1.54) is 0 Å². The van der Waals surface area contributed by atoms with Crippen LogP contribution in [0.5, 0.6) is 0 Å². The third-order valence-corrected chi connectivity index (χ3v) is 3.49. The molecule has 0 amide bonds. The van der Waals surface area contributed by atoms with E-state index in [1.807, 2.05) is 0 Å². The van der Waals surface area contributed by atoms with E-state index in [4.69, 9.17) is 11.1 Å². The fraction of sp³-hybridized carbons (Fsp3) is 0.833. The number of carbonyl (C=O) groups excluding carboxylic acids is 1. The van der Waals surface area contributed by atoms with Gasteiger partial charge in [0.1, 0.15) is 6.29 Å². The number of rotatable bonds is 7. The second-order valence-corrected chi connectivity index (χ2v) is 4.73. The average Bonchev–Trinajstić information content (AvgIpc) is 2.65. The monoisotopic (exact) mass is 226 g/mol. The van der Waals surface area contributed by atoms with Gasteiger partial charge in [0.25, 0.3) is 0 Å². The molecule has 3 unspecified atom stereocenters. The van der Waals surface area contributed by atoms with Crippen LogP contribution in [-0.2, 0) is 4.79 Å². The van der Waals surface area contributed by atoms with E-state index in [0.29, 0.717) is 6.42 Å². The van der Waals surface area contributed by atoms with E-state index in [-0.39, 0.29) is 23.8 Å². The standard InChI is InChI=1S/C12H22N2O2/c13-12(14)7-2-1-4-9(8-15)10-5-3-6-11(10)16/h8-11,16H,1-7H2,(H3,13,14). The third kappa shape index (κ3) is 3.93. The molecule has 0 bridgehead atoms. The molecule has 0 radical (unpaired) electrons. The molecule has 1 saturated carbocycles. The van der Waals surface area contributed by atoms with Crippen LogP contribution in [0.15, 0.2) is 0 Å². The van der Waals surface area contributed by atoms with E-state index < -0.39 is 0 Å². The van der Waals surface area contributed by atoms with Gasteiger partial charge in [-0.05, 0) is 31.6 Å². The maximum absolute atomic E-state index is 11.0. The fourth-order valence-electron chi connectivity index (χ4n) is 2.55. The van der Waals surface area contributed by atoms with Crippen molar-refractivity contribution < 1.29 is 9.90 Å². The fourth-order valence-corrected chi connectivity index (χ4v) is 2.55. The van der Waals surface area contributed by atoms with Crippen LogP contribution < -0.4 is 5.73 Å². The lowest BCUT2D eigenvalue weighted by molar-refractivity contribution is -0.114.